The van der Waals surface area contributed by atoms with Crippen LogP contribution in [0.15, 0.2) is 33.8 Å². The number of guanidine groups is 1. The maximum Gasteiger partial charge on any atom is 0.191 e. The number of halogens is 2. The molecule has 0 saturated carbocycles. The molecule has 1 aromatic carbocycles. The van der Waals surface area contributed by atoms with Crippen LogP contribution in [0, 0.1) is 12.7 Å². The molecule has 1 heterocycles. The van der Waals surface area contributed by atoms with Gasteiger partial charge in [-0.05, 0) is 37.5 Å². The van der Waals surface area contributed by atoms with Crippen molar-refractivity contribution >= 4 is 29.9 Å². The highest BCUT2D eigenvalue weighted by atomic mass is 127. The second kappa shape index (κ2) is 10.3. The van der Waals surface area contributed by atoms with Gasteiger partial charge in [0.1, 0.15) is 5.82 Å². The third kappa shape index (κ3) is 6.10. The fourth-order valence-corrected chi connectivity index (χ4v) is 2.09. The summed E-state index contributed by atoms with van der Waals surface area (Å²) in [6.07, 6.45) is 0.849. The van der Waals surface area contributed by atoms with Gasteiger partial charge in [0.05, 0.1) is 18.8 Å². The van der Waals surface area contributed by atoms with E-state index >= 15 is 0 Å². The van der Waals surface area contributed by atoms with Crippen LogP contribution in [-0.2, 0) is 19.5 Å². The first-order chi connectivity index (χ1) is 11.1. The topological polar surface area (TPSA) is 62.5 Å². The van der Waals surface area contributed by atoms with Gasteiger partial charge < -0.3 is 15.2 Å². The van der Waals surface area contributed by atoms with Gasteiger partial charge in [0.15, 0.2) is 11.7 Å². The molecule has 0 spiro atoms. The Bertz CT molecular complexity index is 672. The molecular weight excluding hydrogens is 422 g/mol. The number of benzene rings is 1. The number of aryl methyl sites for hydroxylation is 2. The zero-order chi connectivity index (χ0) is 16.7. The molecule has 0 amide bonds. The molecule has 24 heavy (non-hydrogen) atoms. The number of nitrogens with one attached hydrogen (secondary N) is 2. The fourth-order valence-electron chi connectivity index (χ4n) is 2.09. The smallest absolute Gasteiger partial charge is 0.191 e. The lowest BCUT2D eigenvalue weighted by Crippen LogP contribution is -2.36. The lowest BCUT2D eigenvalue weighted by molar-refractivity contribution is 0.374. The van der Waals surface area contributed by atoms with E-state index in [1.807, 2.05) is 26.0 Å². The van der Waals surface area contributed by atoms with Crippen molar-refractivity contribution in [1.29, 1.82) is 0 Å². The molecule has 0 radical (unpaired) electrons. The summed E-state index contributed by atoms with van der Waals surface area (Å²) in [5.41, 5.74) is 2.53. The van der Waals surface area contributed by atoms with Crippen molar-refractivity contribution in [2.75, 3.05) is 6.54 Å². The van der Waals surface area contributed by atoms with Gasteiger partial charge in [-0.2, -0.15) is 0 Å². The molecule has 2 aromatic rings. The fraction of sp³-hybridized carbons (Fsp3) is 0.412. The summed E-state index contributed by atoms with van der Waals surface area (Å²) in [6.45, 7) is 7.54. The predicted molar refractivity (Wildman–Crippen MR) is 104 cm³/mol. The molecule has 2 N–H and O–H groups in total. The third-order valence-electron chi connectivity index (χ3n) is 3.39. The molecule has 0 aliphatic rings. The van der Waals surface area contributed by atoms with Gasteiger partial charge >= 0.3 is 0 Å². The summed E-state index contributed by atoms with van der Waals surface area (Å²) >= 11 is 0. The van der Waals surface area contributed by atoms with Crippen molar-refractivity contribution in [1.82, 2.24) is 15.8 Å². The molecule has 0 bridgehead atoms. The Hall–Kier alpha value is -1.64. The molecule has 132 valence electrons. The van der Waals surface area contributed by atoms with Gasteiger partial charge in [-0.3, -0.25) is 0 Å². The number of aliphatic imine (C=N–C) groups is 1. The summed E-state index contributed by atoms with van der Waals surface area (Å²) in [7, 11) is 0. The first-order valence-electron chi connectivity index (χ1n) is 7.84. The zero-order valence-electron chi connectivity index (χ0n) is 14.2. The molecular formula is C17H24FIN4O. The van der Waals surface area contributed by atoms with Crippen LogP contribution < -0.4 is 10.6 Å². The van der Waals surface area contributed by atoms with Gasteiger partial charge in [-0.15, -0.1) is 24.0 Å². The van der Waals surface area contributed by atoms with E-state index in [0.717, 1.165) is 30.0 Å². The highest BCUT2D eigenvalue weighted by Crippen LogP contribution is 2.10. The molecule has 1 aromatic heterocycles. The van der Waals surface area contributed by atoms with E-state index in [1.54, 1.807) is 13.0 Å². The normalized spacial score (nSPS) is 11.1. The predicted octanol–water partition coefficient (Wildman–Crippen LogP) is 3.56. The molecule has 0 aliphatic heterocycles. The van der Waals surface area contributed by atoms with Crippen LogP contribution in [0.2, 0.25) is 0 Å². The van der Waals surface area contributed by atoms with E-state index in [0.29, 0.717) is 24.6 Å². The number of hydrogen-bond acceptors (Lipinski definition) is 3. The average Bonchev–Trinajstić information content (AvgIpc) is 3.01. The molecule has 0 saturated heterocycles. The first-order valence-corrected chi connectivity index (χ1v) is 7.84. The highest BCUT2D eigenvalue weighted by molar-refractivity contribution is 14.0. The van der Waals surface area contributed by atoms with Crippen LogP contribution in [0.5, 0.6) is 0 Å². The molecule has 0 unspecified atom stereocenters. The number of hydrogen-bond donors (Lipinski definition) is 2. The number of nitrogens with zero attached hydrogens (tertiary/aromatic N) is 2. The minimum absolute atomic E-state index is 0. The Morgan fingerprint density at radius 1 is 1.25 bits per heavy atom. The molecule has 7 heteroatoms. The maximum atomic E-state index is 13.3. The lowest BCUT2D eigenvalue weighted by Gasteiger charge is -2.10. The van der Waals surface area contributed by atoms with Gasteiger partial charge in [-0.25, -0.2) is 9.38 Å². The van der Waals surface area contributed by atoms with Gasteiger partial charge in [0, 0.05) is 12.6 Å². The van der Waals surface area contributed by atoms with Crippen LogP contribution in [0.1, 0.15) is 36.4 Å². The minimum Gasteiger partial charge on any atom is -0.359 e. The monoisotopic (exact) mass is 446 g/mol. The zero-order valence-corrected chi connectivity index (χ0v) is 16.6. The standard InChI is InChI=1S/C17H23FN4O.HI/c1-4-14-9-15(23-22-14)11-21-17(19-5-2)20-10-13-6-7-16(18)12(3)8-13;/h6-9H,4-5,10-11H2,1-3H3,(H2,19,20,21);1H. The van der Waals surface area contributed by atoms with Crippen molar-refractivity contribution in [2.24, 2.45) is 4.99 Å². The molecule has 0 fully saturated rings. The second-order valence-corrected chi connectivity index (χ2v) is 5.27. The lowest BCUT2D eigenvalue weighted by atomic mass is 10.1. The highest BCUT2D eigenvalue weighted by Gasteiger charge is 2.04. The summed E-state index contributed by atoms with van der Waals surface area (Å²) in [4.78, 5) is 4.51. The Balaban J connectivity index is 0.00000288. The van der Waals surface area contributed by atoms with Crippen LogP contribution >= 0.6 is 24.0 Å². The van der Waals surface area contributed by atoms with Crippen molar-refractivity contribution in [3.8, 4) is 0 Å². The van der Waals surface area contributed by atoms with E-state index < -0.39 is 0 Å². The van der Waals surface area contributed by atoms with Gasteiger partial charge in [0.25, 0.3) is 0 Å². The average molecular weight is 446 g/mol. The summed E-state index contributed by atoms with van der Waals surface area (Å²) < 4.78 is 18.5. The van der Waals surface area contributed by atoms with Crippen molar-refractivity contribution in [2.45, 2.75) is 40.3 Å². The minimum atomic E-state index is -0.195. The van der Waals surface area contributed by atoms with E-state index in [-0.39, 0.29) is 29.8 Å². The second-order valence-electron chi connectivity index (χ2n) is 5.27. The number of aromatic nitrogens is 1. The summed E-state index contributed by atoms with van der Waals surface area (Å²) in [5, 5.41) is 10.3. The van der Waals surface area contributed by atoms with E-state index in [9.17, 15) is 4.39 Å². The SMILES string of the molecule is CCNC(=NCc1ccc(F)c(C)c1)NCc1cc(CC)no1.I. The summed E-state index contributed by atoms with van der Waals surface area (Å²) in [5.74, 6) is 1.26. The van der Waals surface area contributed by atoms with Crippen molar-refractivity contribution in [3.05, 3.63) is 52.7 Å². The molecule has 2 rings (SSSR count). The summed E-state index contributed by atoms with van der Waals surface area (Å²) in [6, 6.07) is 6.97. The maximum absolute atomic E-state index is 13.3. The van der Waals surface area contributed by atoms with Gasteiger partial charge in [0.2, 0.25) is 0 Å². The number of rotatable bonds is 6. The molecule has 0 aliphatic carbocycles. The van der Waals surface area contributed by atoms with Crippen molar-refractivity contribution < 1.29 is 8.91 Å². The van der Waals surface area contributed by atoms with Crippen molar-refractivity contribution in [3.63, 3.8) is 0 Å². The van der Waals surface area contributed by atoms with Gasteiger partial charge in [-0.1, -0.05) is 24.2 Å². The Morgan fingerprint density at radius 2 is 2.04 bits per heavy atom. The first kappa shape index (κ1) is 20.4. The van der Waals surface area contributed by atoms with Crippen LogP contribution in [0.25, 0.3) is 0 Å². The molecule has 5 nitrogen and oxygen atoms in total. The van der Waals surface area contributed by atoms with Crippen LogP contribution in [0.3, 0.4) is 0 Å². The van der Waals surface area contributed by atoms with E-state index in [2.05, 4.69) is 20.8 Å². The Kier molecular flexibility index (Phi) is 8.73. The Morgan fingerprint density at radius 3 is 2.67 bits per heavy atom. The Labute approximate surface area is 159 Å². The van der Waals surface area contributed by atoms with E-state index in [4.69, 9.17) is 4.52 Å². The van der Waals surface area contributed by atoms with E-state index in [1.165, 1.54) is 6.07 Å². The quantitative estimate of drug-likeness (QED) is 0.405. The van der Waals surface area contributed by atoms with Crippen LogP contribution in [-0.4, -0.2) is 17.7 Å². The van der Waals surface area contributed by atoms with Crippen LogP contribution in [0.4, 0.5) is 4.39 Å². The largest absolute Gasteiger partial charge is 0.359 e. The third-order valence-corrected chi connectivity index (χ3v) is 3.39. The molecule has 0 atom stereocenters.